The molecule has 124 valence electrons. The van der Waals surface area contributed by atoms with E-state index in [4.69, 9.17) is 9.47 Å². The van der Waals surface area contributed by atoms with Crippen LogP contribution in [0, 0.1) is 5.41 Å². The number of carbonyl (C=O) groups excluding carboxylic acids is 1. The fraction of sp³-hybridized carbons (Fsp3) is 0.857. The molecule has 0 radical (unpaired) electrons. The molecular formula is C14H28N2O5. The minimum atomic E-state index is -0.949. The number of carboxylic acid groups (broad SMARTS) is 1. The van der Waals surface area contributed by atoms with Crippen LogP contribution in [-0.4, -0.2) is 69.1 Å². The molecule has 0 fully saturated rings. The van der Waals surface area contributed by atoms with Gasteiger partial charge in [-0.2, -0.15) is 0 Å². The summed E-state index contributed by atoms with van der Waals surface area (Å²) in [6.07, 6.45) is 1.17. The van der Waals surface area contributed by atoms with E-state index in [2.05, 4.69) is 5.32 Å². The molecule has 1 unspecified atom stereocenters. The molecule has 0 aromatic rings. The van der Waals surface area contributed by atoms with Gasteiger partial charge in [0.05, 0.1) is 12.0 Å². The van der Waals surface area contributed by atoms with Crippen molar-refractivity contribution >= 4 is 12.0 Å². The van der Waals surface area contributed by atoms with Crippen LogP contribution in [0.1, 0.15) is 26.7 Å². The Morgan fingerprint density at radius 3 is 2.29 bits per heavy atom. The number of ether oxygens (including phenoxy) is 2. The Morgan fingerprint density at radius 2 is 1.81 bits per heavy atom. The summed E-state index contributed by atoms with van der Waals surface area (Å²) in [6.45, 7) is 5.52. The summed E-state index contributed by atoms with van der Waals surface area (Å²) in [6, 6.07) is -0.274. The van der Waals surface area contributed by atoms with Gasteiger partial charge in [-0.3, -0.25) is 4.79 Å². The van der Waals surface area contributed by atoms with Crippen molar-refractivity contribution in [2.24, 2.45) is 5.41 Å². The van der Waals surface area contributed by atoms with Crippen molar-refractivity contribution in [3.05, 3.63) is 0 Å². The number of nitrogens with one attached hydrogen (secondary N) is 1. The first kappa shape index (κ1) is 19.7. The number of urea groups is 1. The summed E-state index contributed by atoms with van der Waals surface area (Å²) in [4.78, 5) is 25.0. The maximum absolute atomic E-state index is 12.2. The summed E-state index contributed by atoms with van der Waals surface area (Å²) < 4.78 is 9.96. The van der Waals surface area contributed by atoms with E-state index in [1.807, 2.05) is 0 Å². The van der Waals surface area contributed by atoms with Gasteiger partial charge < -0.3 is 24.8 Å². The van der Waals surface area contributed by atoms with E-state index in [9.17, 15) is 14.7 Å². The molecule has 0 aliphatic heterocycles. The molecule has 0 saturated heterocycles. The molecule has 0 aromatic heterocycles. The molecule has 0 bridgehead atoms. The minimum absolute atomic E-state index is 0.103. The highest BCUT2D eigenvalue weighted by Gasteiger charge is 2.32. The van der Waals surface area contributed by atoms with Crippen LogP contribution in [0.2, 0.25) is 0 Å². The van der Waals surface area contributed by atoms with Crippen LogP contribution in [-0.2, 0) is 14.3 Å². The van der Waals surface area contributed by atoms with Crippen molar-refractivity contribution in [2.75, 3.05) is 47.1 Å². The van der Waals surface area contributed by atoms with Crippen LogP contribution in [0.15, 0.2) is 0 Å². The number of aliphatic carboxylic acids is 1. The lowest BCUT2D eigenvalue weighted by Gasteiger charge is -2.27. The molecule has 0 aliphatic carbocycles. The third kappa shape index (κ3) is 7.29. The monoisotopic (exact) mass is 304 g/mol. The Kier molecular flexibility index (Phi) is 9.73. The van der Waals surface area contributed by atoms with Gasteiger partial charge >= 0.3 is 12.0 Å². The fourth-order valence-corrected chi connectivity index (χ4v) is 1.65. The van der Waals surface area contributed by atoms with Crippen molar-refractivity contribution in [3.63, 3.8) is 0 Å². The SMILES string of the molecule is CCC(C)(CNC(=O)N(CCCOC)CCOC)C(=O)O. The van der Waals surface area contributed by atoms with Crippen molar-refractivity contribution in [1.82, 2.24) is 10.2 Å². The second-order valence-corrected chi connectivity index (χ2v) is 5.20. The Bertz CT molecular complexity index is 324. The predicted molar refractivity (Wildman–Crippen MR) is 79.4 cm³/mol. The third-order valence-corrected chi connectivity index (χ3v) is 3.56. The van der Waals surface area contributed by atoms with Gasteiger partial charge in [-0.25, -0.2) is 4.79 Å². The van der Waals surface area contributed by atoms with E-state index in [1.165, 1.54) is 0 Å². The molecule has 0 rings (SSSR count). The maximum atomic E-state index is 12.2. The average molecular weight is 304 g/mol. The molecule has 0 saturated carbocycles. The first-order valence-electron chi connectivity index (χ1n) is 7.15. The molecule has 0 heterocycles. The molecule has 2 N–H and O–H groups in total. The van der Waals surface area contributed by atoms with Crippen molar-refractivity contribution in [1.29, 1.82) is 0 Å². The van der Waals surface area contributed by atoms with E-state index < -0.39 is 11.4 Å². The number of rotatable bonds is 11. The number of nitrogens with zero attached hydrogens (tertiary/aromatic N) is 1. The summed E-state index contributed by atoms with van der Waals surface area (Å²) in [5.41, 5.74) is -0.949. The standard InChI is InChI=1S/C14H28N2O5/c1-5-14(2,12(17)18)11-15-13(19)16(8-10-21-4)7-6-9-20-3/h5-11H2,1-4H3,(H,15,19)(H,17,18). The predicted octanol–water partition coefficient (Wildman–Crippen LogP) is 1.18. The summed E-state index contributed by atoms with van der Waals surface area (Å²) in [7, 11) is 3.18. The number of carbonyl (C=O) groups is 2. The smallest absolute Gasteiger partial charge is 0.317 e. The number of hydrogen-bond acceptors (Lipinski definition) is 4. The zero-order chi connectivity index (χ0) is 16.3. The van der Waals surface area contributed by atoms with Gasteiger partial charge in [0.25, 0.3) is 0 Å². The molecule has 2 amide bonds. The van der Waals surface area contributed by atoms with Gasteiger partial charge in [0.2, 0.25) is 0 Å². The van der Waals surface area contributed by atoms with Crippen LogP contribution in [0.4, 0.5) is 4.79 Å². The minimum Gasteiger partial charge on any atom is -0.481 e. The second-order valence-electron chi connectivity index (χ2n) is 5.20. The molecule has 0 aliphatic rings. The number of carboxylic acids is 1. The Morgan fingerprint density at radius 1 is 1.19 bits per heavy atom. The van der Waals surface area contributed by atoms with Gasteiger partial charge in [-0.05, 0) is 19.8 Å². The number of hydrogen-bond donors (Lipinski definition) is 2. The summed E-state index contributed by atoms with van der Waals surface area (Å²) >= 11 is 0. The van der Waals surface area contributed by atoms with Gasteiger partial charge in [0.1, 0.15) is 0 Å². The van der Waals surface area contributed by atoms with Crippen molar-refractivity contribution < 1.29 is 24.2 Å². The molecule has 0 aromatic carbocycles. The van der Waals surface area contributed by atoms with Crippen LogP contribution in [0.3, 0.4) is 0 Å². The van der Waals surface area contributed by atoms with E-state index in [0.717, 1.165) is 6.42 Å². The molecule has 0 spiro atoms. The molecular weight excluding hydrogens is 276 g/mol. The summed E-state index contributed by atoms with van der Waals surface area (Å²) in [5, 5.41) is 11.9. The van der Waals surface area contributed by atoms with Crippen LogP contribution in [0.25, 0.3) is 0 Å². The Balaban J connectivity index is 4.47. The van der Waals surface area contributed by atoms with Crippen molar-refractivity contribution in [3.8, 4) is 0 Å². The lowest BCUT2D eigenvalue weighted by molar-refractivity contribution is -0.147. The van der Waals surface area contributed by atoms with Crippen LogP contribution in [0.5, 0.6) is 0 Å². The van der Waals surface area contributed by atoms with Gasteiger partial charge in [-0.15, -0.1) is 0 Å². The quantitative estimate of drug-likeness (QED) is 0.560. The molecule has 7 nitrogen and oxygen atoms in total. The Hall–Kier alpha value is -1.34. The maximum Gasteiger partial charge on any atom is 0.317 e. The molecule has 21 heavy (non-hydrogen) atoms. The zero-order valence-corrected chi connectivity index (χ0v) is 13.5. The third-order valence-electron chi connectivity index (χ3n) is 3.56. The second kappa shape index (κ2) is 10.4. The normalized spacial score (nSPS) is 13.5. The largest absolute Gasteiger partial charge is 0.481 e. The van der Waals surface area contributed by atoms with E-state index in [0.29, 0.717) is 32.7 Å². The van der Waals surface area contributed by atoms with Crippen LogP contribution < -0.4 is 5.32 Å². The molecule has 1 atom stereocenters. The van der Waals surface area contributed by atoms with Gasteiger partial charge in [0, 0.05) is 40.5 Å². The van der Waals surface area contributed by atoms with Gasteiger partial charge in [0.15, 0.2) is 0 Å². The fourth-order valence-electron chi connectivity index (χ4n) is 1.65. The lowest BCUT2D eigenvalue weighted by Crippen LogP contribution is -2.47. The van der Waals surface area contributed by atoms with Gasteiger partial charge in [-0.1, -0.05) is 6.92 Å². The number of methoxy groups -OCH3 is 2. The highest BCUT2D eigenvalue weighted by Crippen LogP contribution is 2.19. The van der Waals surface area contributed by atoms with Crippen molar-refractivity contribution in [2.45, 2.75) is 26.7 Å². The van der Waals surface area contributed by atoms with E-state index in [-0.39, 0.29) is 12.6 Å². The van der Waals surface area contributed by atoms with Crippen LogP contribution >= 0.6 is 0 Å². The number of amides is 2. The highest BCUT2D eigenvalue weighted by molar-refractivity contribution is 5.77. The highest BCUT2D eigenvalue weighted by atomic mass is 16.5. The first-order chi connectivity index (χ1) is 9.91. The van der Waals surface area contributed by atoms with E-state index >= 15 is 0 Å². The molecule has 7 heteroatoms. The first-order valence-corrected chi connectivity index (χ1v) is 7.15. The zero-order valence-electron chi connectivity index (χ0n) is 13.5. The van der Waals surface area contributed by atoms with E-state index in [1.54, 1.807) is 33.0 Å². The topological polar surface area (TPSA) is 88.1 Å². The summed E-state index contributed by atoms with van der Waals surface area (Å²) in [5.74, 6) is -0.909. The lowest BCUT2D eigenvalue weighted by atomic mass is 9.88. The average Bonchev–Trinajstić information content (AvgIpc) is 2.47. The Labute approximate surface area is 126 Å².